The number of nitrogens with zero attached hydrogens (tertiary/aromatic N) is 1. The Kier molecular flexibility index (Phi) is 5.41. The molecular formula is C22H31FN2O4. The van der Waals surface area contributed by atoms with Crippen molar-refractivity contribution in [3.63, 3.8) is 0 Å². The molecule has 7 heteroatoms. The summed E-state index contributed by atoms with van der Waals surface area (Å²) < 4.78 is 19.8. The van der Waals surface area contributed by atoms with E-state index in [0.717, 1.165) is 0 Å². The largest absolute Gasteiger partial charge is 0.444 e. The van der Waals surface area contributed by atoms with Crippen molar-refractivity contribution in [2.24, 2.45) is 17.8 Å². The van der Waals surface area contributed by atoms with Crippen LogP contribution in [0.5, 0.6) is 0 Å². The van der Waals surface area contributed by atoms with E-state index >= 15 is 0 Å². The first-order chi connectivity index (χ1) is 13.3. The summed E-state index contributed by atoms with van der Waals surface area (Å²) in [6, 6.07) is 4.86. The SMILES string of the molecule is Cc1cccc(C(O)C(C)(C)NC(=O)C2C3CN(C(=O)OC(C)(C)C)C[C@@H]32)c1F. The van der Waals surface area contributed by atoms with Crippen LogP contribution in [0.4, 0.5) is 9.18 Å². The van der Waals surface area contributed by atoms with Gasteiger partial charge >= 0.3 is 6.09 Å². The van der Waals surface area contributed by atoms with E-state index in [2.05, 4.69) is 5.32 Å². The first-order valence-electron chi connectivity index (χ1n) is 10.0. The molecule has 160 valence electrons. The summed E-state index contributed by atoms with van der Waals surface area (Å²) >= 11 is 0. The van der Waals surface area contributed by atoms with Gasteiger partial charge in [-0.2, -0.15) is 0 Å². The number of aryl methyl sites for hydroxylation is 1. The molecule has 1 aliphatic carbocycles. The number of halogens is 1. The fraction of sp³-hybridized carbons (Fsp3) is 0.636. The number of nitrogens with one attached hydrogen (secondary N) is 1. The number of piperidine rings is 1. The van der Waals surface area contributed by atoms with Crippen LogP contribution in [0.15, 0.2) is 18.2 Å². The van der Waals surface area contributed by atoms with Crippen LogP contribution in [0.1, 0.15) is 51.8 Å². The molecule has 0 radical (unpaired) electrons. The van der Waals surface area contributed by atoms with E-state index in [1.807, 2.05) is 20.8 Å². The number of amides is 2. The number of rotatable bonds is 4. The van der Waals surface area contributed by atoms with Crippen LogP contribution in [0, 0.1) is 30.5 Å². The van der Waals surface area contributed by atoms with Crippen molar-refractivity contribution in [1.29, 1.82) is 0 Å². The minimum absolute atomic E-state index is 0.103. The molecule has 1 aromatic rings. The van der Waals surface area contributed by atoms with Crippen LogP contribution in [0.2, 0.25) is 0 Å². The Labute approximate surface area is 171 Å². The highest BCUT2D eigenvalue weighted by Crippen LogP contribution is 2.52. The van der Waals surface area contributed by atoms with Crippen molar-refractivity contribution in [3.05, 3.63) is 35.1 Å². The van der Waals surface area contributed by atoms with E-state index in [9.17, 15) is 19.1 Å². The highest BCUT2D eigenvalue weighted by molar-refractivity contribution is 5.84. The fourth-order valence-electron chi connectivity index (χ4n) is 4.13. The summed E-state index contributed by atoms with van der Waals surface area (Å²) in [5, 5.41) is 13.6. The van der Waals surface area contributed by atoms with E-state index in [1.54, 1.807) is 37.8 Å². The van der Waals surface area contributed by atoms with Crippen molar-refractivity contribution in [3.8, 4) is 0 Å². The van der Waals surface area contributed by atoms with Gasteiger partial charge in [-0.3, -0.25) is 4.79 Å². The first-order valence-corrected chi connectivity index (χ1v) is 10.0. The highest BCUT2D eigenvalue weighted by atomic mass is 19.1. The monoisotopic (exact) mass is 406 g/mol. The van der Waals surface area contributed by atoms with Gasteiger partial charge in [0.15, 0.2) is 0 Å². The van der Waals surface area contributed by atoms with Gasteiger partial charge in [0, 0.05) is 24.6 Å². The summed E-state index contributed by atoms with van der Waals surface area (Å²) in [6.07, 6.45) is -1.53. The second-order valence-electron chi connectivity index (χ2n) is 9.83. The van der Waals surface area contributed by atoms with Crippen molar-refractivity contribution in [1.82, 2.24) is 10.2 Å². The van der Waals surface area contributed by atoms with E-state index in [0.29, 0.717) is 18.7 Å². The highest BCUT2D eigenvalue weighted by Gasteiger charge is 2.61. The van der Waals surface area contributed by atoms with Gasteiger partial charge in [0.05, 0.1) is 5.54 Å². The summed E-state index contributed by atoms with van der Waals surface area (Å²) in [5.41, 5.74) is -0.968. The van der Waals surface area contributed by atoms with Crippen molar-refractivity contribution >= 4 is 12.0 Å². The van der Waals surface area contributed by atoms with Gasteiger partial charge in [0.25, 0.3) is 0 Å². The lowest BCUT2D eigenvalue weighted by molar-refractivity contribution is -0.126. The Bertz CT molecular complexity index is 806. The number of aliphatic hydroxyl groups is 1. The number of hydrogen-bond donors (Lipinski definition) is 2. The van der Waals surface area contributed by atoms with E-state index in [4.69, 9.17) is 4.74 Å². The van der Waals surface area contributed by atoms with E-state index in [-0.39, 0.29) is 35.3 Å². The third-order valence-electron chi connectivity index (χ3n) is 5.79. The quantitative estimate of drug-likeness (QED) is 0.805. The van der Waals surface area contributed by atoms with Crippen LogP contribution in [0.25, 0.3) is 0 Å². The molecule has 1 saturated carbocycles. The Hall–Kier alpha value is -2.15. The maximum Gasteiger partial charge on any atom is 0.410 e. The average molecular weight is 406 g/mol. The van der Waals surface area contributed by atoms with Crippen LogP contribution in [0.3, 0.4) is 0 Å². The van der Waals surface area contributed by atoms with Crippen LogP contribution >= 0.6 is 0 Å². The average Bonchev–Trinajstić information content (AvgIpc) is 3.09. The van der Waals surface area contributed by atoms with Gasteiger partial charge in [-0.15, -0.1) is 0 Å². The molecule has 6 nitrogen and oxygen atoms in total. The second-order valence-corrected chi connectivity index (χ2v) is 9.83. The smallest absolute Gasteiger partial charge is 0.410 e. The lowest BCUT2D eigenvalue weighted by atomic mass is 9.89. The lowest BCUT2D eigenvalue weighted by Crippen LogP contribution is -2.49. The fourth-order valence-corrected chi connectivity index (χ4v) is 4.13. The molecule has 2 amide bonds. The first kappa shape index (κ1) is 21.6. The third kappa shape index (κ3) is 4.39. The van der Waals surface area contributed by atoms with Gasteiger partial charge in [-0.05, 0) is 58.9 Å². The number of fused-ring (bicyclic) bond motifs is 1. The Balaban J connectivity index is 1.58. The van der Waals surface area contributed by atoms with Crippen LogP contribution in [-0.2, 0) is 9.53 Å². The topological polar surface area (TPSA) is 78.9 Å². The van der Waals surface area contributed by atoms with E-state index < -0.39 is 23.1 Å². The standard InChI is InChI=1S/C22H31FN2O4/c1-12-8-7-9-13(17(12)23)18(26)22(5,6)24-19(27)16-14-10-25(11-15(14)16)20(28)29-21(2,3)4/h7-9,14-16,18,26H,10-11H2,1-6H3,(H,24,27)/t14-,15?,16?,18?/m0/s1. The van der Waals surface area contributed by atoms with Crippen LogP contribution in [-0.4, -0.2) is 46.2 Å². The number of ether oxygens (including phenoxy) is 1. The lowest BCUT2D eigenvalue weighted by Gasteiger charge is -2.33. The molecule has 2 N–H and O–H groups in total. The van der Waals surface area contributed by atoms with Crippen molar-refractivity contribution in [2.75, 3.05) is 13.1 Å². The molecule has 1 heterocycles. The van der Waals surface area contributed by atoms with Gasteiger partial charge in [0.2, 0.25) is 5.91 Å². The van der Waals surface area contributed by atoms with E-state index in [1.165, 1.54) is 6.07 Å². The zero-order valence-corrected chi connectivity index (χ0v) is 18.0. The summed E-state index contributed by atoms with van der Waals surface area (Å²) in [6.45, 7) is 11.5. The van der Waals surface area contributed by atoms with Crippen LogP contribution < -0.4 is 5.32 Å². The molecule has 2 fully saturated rings. The predicted octanol–water partition coefficient (Wildman–Crippen LogP) is 3.18. The molecular weight excluding hydrogens is 375 g/mol. The molecule has 2 aliphatic rings. The summed E-state index contributed by atoms with van der Waals surface area (Å²) in [7, 11) is 0. The molecule has 0 aromatic heterocycles. The minimum atomic E-state index is -1.18. The van der Waals surface area contributed by atoms with Gasteiger partial charge in [0.1, 0.15) is 17.5 Å². The van der Waals surface area contributed by atoms with Gasteiger partial charge < -0.3 is 20.1 Å². The number of likely N-dealkylation sites (tertiary alicyclic amines) is 1. The summed E-state index contributed by atoms with van der Waals surface area (Å²) in [4.78, 5) is 26.6. The molecule has 0 bridgehead atoms. The molecule has 1 aliphatic heterocycles. The normalized spacial score (nSPS) is 24.7. The molecule has 1 aromatic carbocycles. The number of aliphatic hydroxyl groups excluding tert-OH is 1. The number of hydrogen-bond acceptors (Lipinski definition) is 4. The zero-order valence-electron chi connectivity index (χ0n) is 18.0. The molecule has 4 atom stereocenters. The molecule has 3 rings (SSSR count). The molecule has 3 unspecified atom stereocenters. The molecule has 1 saturated heterocycles. The maximum absolute atomic E-state index is 14.4. The molecule has 0 spiro atoms. The zero-order chi connectivity index (χ0) is 21.7. The Morgan fingerprint density at radius 3 is 2.34 bits per heavy atom. The Morgan fingerprint density at radius 2 is 1.79 bits per heavy atom. The van der Waals surface area contributed by atoms with Crippen molar-refractivity contribution < 1.29 is 23.8 Å². The third-order valence-corrected chi connectivity index (χ3v) is 5.79. The maximum atomic E-state index is 14.4. The van der Waals surface area contributed by atoms with Gasteiger partial charge in [-0.25, -0.2) is 9.18 Å². The minimum Gasteiger partial charge on any atom is -0.444 e. The predicted molar refractivity (Wildman–Crippen MR) is 107 cm³/mol. The Morgan fingerprint density at radius 1 is 1.21 bits per heavy atom. The van der Waals surface area contributed by atoms with Crippen molar-refractivity contribution in [2.45, 2.75) is 58.8 Å². The number of benzene rings is 1. The van der Waals surface area contributed by atoms with Gasteiger partial charge in [-0.1, -0.05) is 18.2 Å². The summed E-state index contributed by atoms with van der Waals surface area (Å²) in [5.74, 6) is -0.612. The number of carbonyl (C=O) groups is 2. The number of carbonyl (C=O) groups excluding carboxylic acids is 2. The second kappa shape index (κ2) is 7.27. The molecule has 29 heavy (non-hydrogen) atoms.